The van der Waals surface area contributed by atoms with Gasteiger partial charge in [-0.3, -0.25) is 0 Å². The molecule has 4 N–H and O–H groups in total. The van der Waals surface area contributed by atoms with Crippen molar-refractivity contribution in [3.8, 4) is 0 Å². The average molecular weight is 375 g/mol. The van der Waals surface area contributed by atoms with Crippen LogP contribution in [0.5, 0.6) is 0 Å². The molecule has 1 fully saturated rings. The minimum atomic E-state index is -0.477. The van der Waals surface area contributed by atoms with E-state index < -0.39 is 6.29 Å². The fraction of sp³-hybridized carbons (Fsp3) is 0.400. The second kappa shape index (κ2) is 9.39. The third kappa shape index (κ3) is 4.99. The lowest BCUT2D eigenvalue weighted by Crippen LogP contribution is -2.31. The Morgan fingerprint density at radius 1 is 1.04 bits per heavy atom. The second-order valence-electron chi connectivity index (χ2n) is 6.32. The lowest BCUT2D eigenvalue weighted by Gasteiger charge is -2.36. The molecule has 1 aliphatic heterocycles. The van der Waals surface area contributed by atoms with E-state index in [-0.39, 0.29) is 25.4 Å². The van der Waals surface area contributed by atoms with Crippen molar-refractivity contribution in [1.29, 1.82) is 0 Å². The molecule has 3 atom stereocenters. The maximum Gasteiger partial charge on any atom is 0.184 e. The van der Waals surface area contributed by atoms with Crippen LogP contribution >= 0.6 is 11.8 Å². The van der Waals surface area contributed by atoms with E-state index in [1.807, 2.05) is 48.5 Å². The maximum absolute atomic E-state index is 9.23. The molecular formula is C20H25NO4S. The van der Waals surface area contributed by atoms with Gasteiger partial charge in [-0.2, -0.15) is 11.8 Å². The molecule has 5 nitrogen and oxygen atoms in total. The Hall–Kier alpha value is -1.57. The molecule has 0 radical (unpaired) electrons. The molecule has 1 saturated heterocycles. The van der Waals surface area contributed by atoms with Crippen molar-refractivity contribution < 1.29 is 19.7 Å². The first-order valence-electron chi connectivity index (χ1n) is 8.74. The van der Waals surface area contributed by atoms with E-state index >= 15 is 0 Å². The molecule has 1 aliphatic rings. The highest BCUT2D eigenvalue weighted by molar-refractivity contribution is 7.99. The van der Waals surface area contributed by atoms with Crippen molar-refractivity contribution >= 4 is 17.4 Å². The van der Waals surface area contributed by atoms with Gasteiger partial charge in [-0.05, 0) is 23.3 Å². The fourth-order valence-corrected chi connectivity index (χ4v) is 3.78. The van der Waals surface area contributed by atoms with E-state index in [1.54, 1.807) is 11.8 Å². The number of anilines is 1. The summed E-state index contributed by atoms with van der Waals surface area (Å²) in [5.74, 6) is 1.49. The highest BCUT2D eigenvalue weighted by Crippen LogP contribution is 2.39. The fourth-order valence-electron chi connectivity index (χ4n) is 3.01. The van der Waals surface area contributed by atoms with Crippen LogP contribution in [0.1, 0.15) is 35.5 Å². The third-order valence-electron chi connectivity index (χ3n) is 4.34. The number of benzene rings is 2. The second-order valence-corrected chi connectivity index (χ2v) is 7.47. The zero-order chi connectivity index (χ0) is 18.4. The smallest absolute Gasteiger partial charge is 0.184 e. The van der Waals surface area contributed by atoms with Gasteiger partial charge in [-0.1, -0.05) is 36.4 Å². The van der Waals surface area contributed by atoms with Gasteiger partial charge in [-0.25, -0.2) is 0 Å². The Labute approximate surface area is 158 Å². The Bertz CT molecular complexity index is 694. The van der Waals surface area contributed by atoms with E-state index in [0.717, 1.165) is 28.9 Å². The first kappa shape index (κ1) is 19.2. The molecule has 0 spiro atoms. The lowest BCUT2D eigenvalue weighted by atomic mass is 10.0. The molecule has 0 saturated carbocycles. The van der Waals surface area contributed by atoms with Gasteiger partial charge in [0.15, 0.2) is 6.29 Å². The quantitative estimate of drug-likeness (QED) is 0.510. The van der Waals surface area contributed by atoms with Crippen LogP contribution < -0.4 is 5.73 Å². The van der Waals surface area contributed by atoms with Crippen LogP contribution in [0.2, 0.25) is 0 Å². The molecular weight excluding hydrogens is 350 g/mol. The molecule has 0 bridgehead atoms. The topological polar surface area (TPSA) is 84.9 Å². The number of aliphatic hydroxyl groups excluding tert-OH is 2. The van der Waals surface area contributed by atoms with Crippen LogP contribution in [0.4, 0.5) is 5.69 Å². The van der Waals surface area contributed by atoms with Crippen molar-refractivity contribution in [2.45, 2.75) is 31.5 Å². The van der Waals surface area contributed by atoms with Crippen LogP contribution in [-0.2, 0) is 16.1 Å². The van der Waals surface area contributed by atoms with Crippen LogP contribution in [-0.4, -0.2) is 34.4 Å². The number of aliphatic hydroxyl groups is 2. The van der Waals surface area contributed by atoms with Gasteiger partial charge >= 0.3 is 0 Å². The summed E-state index contributed by atoms with van der Waals surface area (Å²) in [5, 5.41) is 18.2. The molecule has 1 unspecified atom stereocenters. The number of rotatable bonds is 7. The number of thioether (sulfide) groups is 1. The Morgan fingerprint density at radius 3 is 2.54 bits per heavy atom. The zero-order valence-electron chi connectivity index (χ0n) is 14.6. The summed E-state index contributed by atoms with van der Waals surface area (Å²) in [6.45, 7) is 0.194. The highest BCUT2D eigenvalue weighted by Gasteiger charge is 2.32. The van der Waals surface area contributed by atoms with E-state index in [9.17, 15) is 5.11 Å². The van der Waals surface area contributed by atoms with Crippen LogP contribution in [0.15, 0.2) is 48.5 Å². The normalized spacial score (nSPS) is 23.1. The number of nitrogen functional groups attached to an aromatic ring is 1. The molecule has 0 amide bonds. The predicted molar refractivity (Wildman–Crippen MR) is 104 cm³/mol. The van der Waals surface area contributed by atoms with Crippen molar-refractivity contribution in [1.82, 2.24) is 0 Å². The molecule has 6 heteroatoms. The van der Waals surface area contributed by atoms with Gasteiger partial charge in [0.1, 0.15) is 0 Å². The van der Waals surface area contributed by atoms with Gasteiger partial charge in [0.2, 0.25) is 0 Å². The van der Waals surface area contributed by atoms with Gasteiger partial charge in [-0.15, -0.1) is 0 Å². The molecule has 140 valence electrons. The van der Waals surface area contributed by atoms with E-state index in [0.29, 0.717) is 11.4 Å². The largest absolute Gasteiger partial charge is 0.399 e. The zero-order valence-corrected chi connectivity index (χ0v) is 15.4. The van der Waals surface area contributed by atoms with Crippen molar-refractivity contribution in [2.24, 2.45) is 0 Å². The summed E-state index contributed by atoms with van der Waals surface area (Å²) in [6.07, 6.45) is 0.196. The number of nitrogens with two attached hydrogens (primary N) is 1. The Morgan fingerprint density at radius 2 is 1.85 bits per heavy atom. The summed E-state index contributed by atoms with van der Waals surface area (Å²) < 4.78 is 12.4. The lowest BCUT2D eigenvalue weighted by molar-refractivity contribution is -0.245. The number of hydrogen-bond donors (Lipinski definition) is 3. The molecule has 0 aliphatic carbocycles. The Kier molecular flexibility index (Phi) is 6.93. The van der Waals surface area contributed by atoms with E-state index in [2.05, 4.69) is 0 Å². The summed E-state index contributed by atoms with van der Waals surface area (Å²) in [4.78, 5) is 0. The van der Waals surface area contributed by atoms with E-state index in [4.69, 9.17) is 20.3 Å². The van der Waals surface area contributed by atoms with Crippen molar-refractivity contribution in [3.63, 3.8) is 0 Å². The number of hydrogen-bond acceptors (Lipinski definition) is 6. The van der Waals surface area contributed by atoms with Crippen molar-refractivity contribution in [2.75, 3.05) is 23.8 Å². The summed E-state index contributed by atoms with van der Waals surface area (Å²) in [7, 11) is 0. The number of ether oxygens (including phenoxy) is 2. The van der Waals surface area contributed by atoms with Crippen LogP contribution in [0, 0.1) is 0 Å². The van der Waals surface area contributed by atoms with Crippen LogP contribution in [0.3, 0.4) is 0 Å². The SMILES string of the molecule is Nc1cccc(C2O[C@H](CSCCO)C[C@H](c3ccc(CO)cc3)O2)c1. The standard InChI is InChI=1S/C20H25NO4S/c21-17-3-1-2-16(10-17)20-24-18(13-26-9-8-22)11-19(25-20)15-6-4-14(12-23)5-7-15/h1-7,10,18-20,22-23H,8-9,11-13,21H2/t18-,19+,20?/m0/s1. The van der Waals surface area contributed by atoms with Gasteiger partial charge in [0.05, 0.1) is 25.4 Å². The van der Waals surface area contributed by atoms with Crippen molar-refractivity contribution in [3.05, 3.63) is 65.2 Å². The van der Waals surface area contributed by atoms with Gasteiger partial charge in [0, 0.05) is 29.2 Å². The average Bonchev–Trinajstić information content (AvgIpc) is 2.68. The summed E-state index contributed by atoms with van der Waals surface area (Å²) >= 11 is 1.68. The molecule has 1 heterocycles. The van der Waals surface area contributed by atoms with Crippen LogP contribution in [0.25, 0.3) is 0 Å². The Balaban J connectivity index is 1.78. The highest BCUT2D eigenvalue weighted by atomic mass is 32.2. The summed E-state index contributed by atoms with van der Waals surface area (Å²) in [5.41, 5.74) is 9.43. The summed E-state index contributed by atoms with van der Waals surface area (Å²) in [6, 6.07) is 15.4. The molecule has 3 rings (SSSR count). The third-order valence-corrected chi connectivity index (χ3v) is 5.42. The molecule has 2 aromatic rings. The first-order valence-corrected chi connectivity index (χ1v) is 9.89. The van der Waals surface area contributed by atoms with Gasteiger partial charge < -0.3 is 25.4 Å². The monoisotopic (exact) mass is 375 g/mol. The molecule has 2 aromatic carbocycles. The first-order chi connectivity index (χ1) is 12.7. The molecule has 26 heavy (non-hydrogen) atoms. The molecule has 0 aromatic heterocycles. The van der Waals surface area contributed by atoms with E-state index in [1.165, 1.54) is 0 Å². The predicted octanol–water partition coefficient (Wildman–Crippen LogP) is 3.03. The van der Waals surface area contributed by atoms with Gasteiger partial charge in [0.25, 0.3) is 0 Å². The minimum Gasteiger partial charge on any atom is -0.399 e. The maximum atomic E-state index is 9.23. The minimum absolute atomic E-state index is 0.0225.